The summed E-state index contributed by atoms with van der Waals surface area (Å²) < 4.78 is 30.4. The first kappa shape index (κ1) is 13.2. The van der Waals surface area contributed by atoms with Gasteiger partial charge in [-0.15, -0.1) is 0 Å². The Balaban J connectivity index is 2.84. The third-order valence-electron chi connectivity index (χ3n) is 2.14. The van der Waals surface area contributed by atoms with E-state index in [1.54, 1.807) is 6.92 Å². The van der Waals surface area contributed by atoms with Gasteiger partial charge >= 0.3 is 0 Å². The van der Waals surface area contributed by atoms with Crippen molar-refractivity contribution in [1.29, 1.82) is 0 Å². The summed E-state index contributed by atoms with van der Waals surface area (Å²) in [5.41, 5.74) is 0.510. The molecule has 0 amide bonds. The fraction of sp³-hybridized carbons (Fsp3) is 0.455. The summed E-state index contributed by atoms with van der Waals surface area (Å²) in [5, 5.41) is 2.97. The maximum absolute atomic E-state index is 12.5. The van der Waals surface area contributed by atoms with Crippen molar-refractivity contribution >= 4 is 11.6 Å². The van der Waals surface area contributed by atoms with Crippen molar-refractivity contribution < 1.29 is 13.5 Å². The molecule has 0 aliphatic carbocycles. The van der Waals surface area contributed by atoms with Gasteiger partial charge in [-0.1, -0.05) is 11.6 Å². The van der Waals surface area contributed by atoms with Crippen molar-refractivity contribution in [3.8, 4) is 5.75 Å². The van der Waals surface area contributed by atoms with Gasteiger partial charge in [0, 0.05) is 12.1 Å². The van der Waals surface area contributed by atoms with Gasteiger partial charge in [-0.25, -0.2) is 8.78 Å². The molecule has 0 heterocycles. The van der Waals surface area contributed by atoms with Gasteiger partial charge in [-0.2, -0.15) is 0 Å². The fourth-order valence-corrected chi connectivity index (χ4v) is 1.51. The van der Waals surface area contributed by atoms with Gasteiger partial charge in [-0.3, -0.25) is 0 Å². The zero-order chi connectivity index (χ0) is 12.1. The quantitative estimate of drug-likeness (QED) is 0.810. The summed E-state index contributed by atoms with van der Waals surface area (Å²) in [7, 11) is 1.81. The molecule has 1 aromatic rings. The molecule has 5 heteroatoms. The van der Waals surface area contributed by atoms with Crippen LogP contribution in [-0.2, 0) is 0 Å². The van der Waals surface area contributed by atoms with Gasteiger partial charge < -0.3 is 10.1 Å². The van der Waals surface area contributed by atoms with Crippen molar-refractivity contribution in [2.75, 3.05) is 20.2 Å². The van der Waals surface area contributed by atoms with E-state index in [0.717, 1.165) is 0 Å². The predicted molar refractivity (Wildman–Crippen MR) is 60.6 cm³/mol. The molecule has 0 saturated heterocycles. The Hall–Kier alpha value is -0.870. The highest BCUT2D eigenvalue weighted by atomic mass is 35.5. The monoisotopic (exact) mass is 249 g/mol. The lowest BCUT2D eigenvalue weighted by molar-refractivity contribution is 0.151. The second-order valence-electron chi connectivity index (χ2n) is 3.39. The number of aryl methyl sites for hydroxylation is 1. The largest absolute Gasteiger partial charge is 0.492 e. The molecule has 0 radical (unpaired) electrons. The van der Waals surface area contributed by atoms with E-state index in [1.807, 2.05) is 7.05 Å². The third-order valence-corrected chi connectivity index (χ3v) is 2.47. The first-order valence-corrected chi connectivity index (χ1v) is 5.29. The van der Waals surface area contributed by atoms with Crippen LogP contribution in [-0.4, -0.2) is 20.2 Å². The number of ether oxygens (including phenoxy) is 1. The predicted octanol–water partition coefficient (Wildman–Crippen LogP) is 3.18. The molecule has 90 valence electrons. The second kappa shape index (κ2) is 6.01. The highest BCUT2D eigenvalue weighted by Crippen LogP contribution is 2.32. The Labute approximate surface area is 98.6 Å². The third kappa shape index (κ3) is 3.32. The van der Waals surface area contributed by atoms with Gasteiger partial charge in [0.15, 0.2) is 0 Å². The molecular formula is C11H14ClF2NO. The first-order chi connectivity index (χ1) is 7.56. The molecule has 1 aromatic carbocycles. The van der Waals surface area contributed by atoms with Gasteiger partial charge in [0.2, 0.25) is 0 Å². The van der Waals surface area contributed by atoms with Crippen molar-refractivity contribution in [3.63, 3.8) is 0 Å². The van der Waals surface area contributed by atoms with Crippen molar-refractivity contribution in [2.45, 2.75) is 13.3 Å². The van der Waals surface area contributed by atoms with E-state index in [1.165, 1.54) is 12.1 Å². The Bertz CT molecular complexity index is 358. The molecule has 0 fully saturated rings. The molecular weight excluding hydrogens is 236 g/mol. The van der Waals surface area contributed by atoms with E-state index in [2.05, 4.69) is 5.32 Å². The Kier molecular flexibility index (Phi) is 4.96. The molecule has 0 bridgehead atoms. The van der Waals surface area contributed by atoms with Crippen LogP contribution >= 0.6 is 11.6 Å². The van der Waals surface area contributed by atoms with E-state index >= 15 is 0 Å². The Morgan fingerprint density at radius 3 is 2.69 bits per heavy atom. The van der Waals surface area contributed by atoms with Crippen LogP contribution in [0.1, 0.15) is 17.6 Å². The van der Waals surface area contributed by atoms with E-state index in [0.29, 0.717) is 24.5 Å². The average molecular weight is 250 g/mol. The Morgan fingerprint density at radius 1 is 1.44 bits per heavy atom. The molecule has 0 aliphatic rings. The van der Waals surface area contributed by atoms with Gasteiger partial charge in [-0.05, 0) is 31.7 Å². The van der Waals surface area contributed by atoms with Crippen molar-refractivity contribution in [2.24, 2.45) is 0 Å². The normalized spacial score (nSPS) is 10.9. The number of hydrogen-bond acceptors (Lipinski definition) is 2. The van der Waals surface area contributed by atoms with Crippen LogP contribution < -0.4 is 10.1 Å². The van der Waals surface area contributed by atoms with Crippen LogP contribution in [0.3, 0.4) is 0 Å². The molecule has 2 nitrogen and oxygen atoms in total. The van der Waals surface area contributed by atoms with Crippen LogP contribution in [0, 0.1) is 6.92 Å². The molecule has 0 atom stereocenters. The minimum absolute atomic E-state index is 0.0417. The molecule has 0 aromatic heterocycles. The van der Waals surface area contributed by atoms with E-state index in [-0.39, 0.29) is 10.6 Å². The van der Waals surface area contributed by atoms with Crippen LogP contribution in [0.25, 0.3) is 0 Å². The van der Waals surface area contributed by atoms with Crippen molar-refractivity contribution in [3.05, 3.63) is 28.3 Å². The SMILES string of the molecule is CNCCOc1cc(Cl)c(C(F)F)cc1C. The molecule has 1 N–H and O–H groups in total. The second-order valence-corrected chi connectivity index (χ2v) is 3.80. The lowest BCUT2D eigenvalue weighted by Crippen LogP contribution is -2.16. The topological polar surface area (TPSA) is 21.3 Å². The smallest absolute Gasteiger partial charge is 0.265 e. The highest BCUT2D eigenvalue weighted by molar-refractivity contribution is 6.31. The number of halogens is 3. The summed E-state index contributed by atoms with van der Waals surface area (Å²) in [5.74, 6) is 0.546. The van der Waals surface area contributed by atoms with Crippen molar-refractivity contribution in [1.82, 2.24) is 5.32 Å². The van der Waals surface area contributed by atoms with Gasteiger partial charge in [0.1, 0.15) is 12.4 Å². The van der Waals surface area contributed by atoms with Crippen LogP contribution in [0.4, 0.5) is 8.78 Å². The number of hydrogen-bond donors (Lipinski definition) is 1. The zero-order valence-corrected chi connectivity index (χ0v) is 9.94. The molecule has 0 spiro atoms. The molecule has 16 heavy (non-hydrogen) atoms. The Morgan fingerprint density at radius 2 is 2.12 bits per heavy atom. The number of benzene rings is 1. The average Bonchev–Trinajstić information content (AvgIpc) is 2.22. The maximum Gasteiger partial charge on any atom is 0.265 e. The summed E-state index contributed by atoms with van der Waals surface area (Å²) in [6, 6.07) is 2.80. The standard InChI is InChI=1S/C11H14ClF2NO/c1-7-5-8(11(13)14)9(12)6-10(7)16-4-3-15-2/h5-6,11,15H,3-4H2,1-2H3. The summed E-state index contributed by atoms with van der Waals surface area (Å²) in [6.07, 6.45) is -2.56. The number of alkyl halides is 2. The first-order valence-electron chi connectivity index (χ1n) is 4.92. The van der Waals surface area contributed by atoms with E-state index < -0.39 is 6.43 Å². The highest BCUT2D eigenvalue weighted by Gasteiger charge is 2.14. The van der Waals surface area contributed by atoms with Crippen LogP contribution in [0.5, 0.6) is 5.75 Å². The van der Waals surface area contributed by atoms with Gasteiger partial charge in [0.05, 0.1) is 5.02 Å². The maximum atomic E-state index is 12.5. The minimum Gasteiger partial charge on any atom is -0.492 e. The molecule has 0 unspecified atom stereocenters. The number of nitrogens with one attached hydrogen (secondary N) is 1. The molecule has 0 saturated carbocycles. The number of likely N-dealkylation sites (N-methyl/N-ethyl adjacent to an activating group) is 1. The van der Waals surface area contributed by atoms with Crippen LogP contribution in [0.15, 0.2) is 12.1 Å². The summed E-state index contributed by atoms with van der Waals surface area (Å²) in [6.45, 7) is 2.88. The van der Waals surface area contributed by atoms with E-state index in [9.17, 15) is 8.78 Å². The summed E-state index contributed by atoms with van der Waals surface area (Å²) in [4.78, 5) is 0. The van der Waals surface area contributed by atoms with Crippen LogP contribution in [0.2, 0.25) is 5.02 Å². The lowest BCUT2D eigenvalue weighted by atomic mass is 10.1. The minimum atomic E-state index is -2.56. The number of rotatable bonds is 5. The molecule has 0 aliphatic heterocycles. The van der Waals surface area contributed by atoms with Gasteiger partial charge in [0.25, 0.3) is 6.43 Å². The molecule has 1 rings (SSSR count). The lowest BCUT2D eigenvalue weighted by Gasteiger charge is -2.12. The fourth-order valence-electron chi connectivity index (χ4n) is 1.27. The van der Waals surface area contributed by atoms with E-state index in [4.69, 9.17) is 16.3 Å². The summed E-state index contributed by atoms with van der Waals surface area (Å²) >= 11 is 5.73. The zero-order valence-electron chi connectivity index (χ0n) is 9.19.